The predicted molar refractivity (Wildman–Crippen MR) is 79.0 cm³/mol. The summed E-state index contributed by atoms with van der Waals surface area (Å²) < 4.78 is 0. The molecular weight excluding hydrogens is 280 g/mol. The lowest BCUT2D eigenvalue weighted by Gasteiger charge is -2.22. The fourth-order valence-corrected chi connectivity index (χ4v) is 3.69. The highest BCUT2D eigenvalue weighted by Crippen LogP contribution is 2.54. The number of fused-ring (bicyclic) bond motifs is 8. The third kappa shape index (κ3) is 1.27. The Balaban J connectivity index is 1.62. The Hall–Kier alpha value is -2.66. The summed E-state index contributed by atoms with van der Waals surface area (Å²) in [7, 11) is 0. The number of hydrogen-bond acceptors (Lipinski definition) is 4. The molecule has 2 saturated heterocycles. The third-order valence-electron chi connectivity index (χ3n) is 4.62. The molecule has 5 nitrogen and oxygen atoms in total. The molecule has 0 spiro atoms. The lowest BCUT2D eigenvalue weighted by molar-refractivity contribution is -0.124. The van der Waals surface area contributed by atoms with Crippen LogP contribution in [0.4, 0.5) is 11.4 Å². The number of rotatable bonds is 1. The number of imide groups is 1. The lowest BCUT2D eigenvalue weighted by atomic mass is 9.88. The molecule has 3 aliphatic rings. The highest BCUT2D eigenvalue weighted by Gasteiger charge is 2.64. The van der Waals surface area contributed by atoms with Crippen LogP contribution in [0, 0.1) is 5.92 Å². The van der Waals surface area contributed by atoms with Gasteiger partial charge in [0.15, 0.2) is 6.04 Å². The molecule has 2 amide bonds. The van der Waals surface area contributed by atoms with E-state index in [4.69, 9.17) is 4.84 Å². The normalized spacial score (nSPS) is 28.3. The van der Waals surface area contributed by atoms with E-state index >= 15 is 0 Å². The second-order valence-corrected chi connectivity index (χ2v) is 5.73. The van der Waals surface area contributed by atoms with Gasteiger partial charge >= 0.3 is 0 Å². The maximum atomic E-state index is 12.8. The van der Waals surface area contributed by atoms with Gasteiger partial charge in [0.05, 0.1) is 11.4 Å². The first-order chi connectivity index (χ1) is 10.8. The number of anilines is 2. The Bertz CT molecular complexity index is 758. The van der Waals surface area contributed by atoms with Crippen LogP contribution >= 0.6 is 0 Å². The molecule has 0 radical (unpaired) electrons. The molecule has 0 aliphatic carbocycles. The number of carbonyl (C=O) groups is 2. The van der Waals surface area contributed by atoms with Crippen LogP contribution in [0.1, 0.15) is 11.7 Å². The minimum absolute atomic E-state index is 0.178. The summed E-state index contributed by atoms with van der Waals surface area (Å²) in [5.74, 6) is -0.844. The molecule has 2 aromatic rings. The van der Waals surface area contributed by atoms with E-state index in [1.54, 1.807) is 17.2 Å². The van der Waals surface area contributed by atoms with Gasteiger partial charge in [-0.1, -0.05) is 36.4 Å². The van der Waals surface area contributed by atoms with E-state index in [-0.39, 0.29) is 17.9 Å². The lowest BCUT2D eigenvalue weighted by Crippen LogP contribution is -2.40. The molecule has 3 aliphatic heterocycles. The number of amides is 2. The molecule has 5 rings (SSSR count). The molecule has 22 heavy (non-hydrogen) atoms. The Morgan fingerprint density at radius 3 is 2.41 bits per heavy atom. The van der Waals surface area contributed by atoms with Gasteiger partial charge in [-0.05, 0) is 18.2 Å². The number of hydroxylamine groups is 1. The first-order valence-corrected chi connectivity index (χ1v) is 7.25. The predicted octanol–water partition coefficient (Wildman–Crippen LogP) is 2.05. The molecule has 3 heterocycles. The van der Waals surface area contributed by atoms with Gasteiger partial charge in [0.25, 0.3) is 5.91 Å². The average Bonchev–Trinajstić information content (AvgIpc) is 3.19. The van der Waals surface area contributed by atoms with Crippen LogP contribution in [0.2, 0.25) is 0 Å². The summed E-state index contributed by atoms with van der Waals surface area (Å²) in [6.07, 6.45) is -0.355. The molecule has 0 saturated carbocycles. The summed E-state index contributed by atoms with van der Waals surface area (Å²) in [6.45, 7) is 0. The summed E-state index contributed by atoms with van der Waals surface area (Å²) in [5, 5.41) is 1.62. The van der Waals surface area contributed by atoms with Gasteiger partial charge in [-0.15, -0.1) is 0 Å². The van der Waals surface area contributed by atoms with E-state index in [2.05, 4.69) is 0 Å². The number of benzene rings is 2. The minimum Gasteiger partial charge on any atom is -0.273 e. The van der Waals surface area contributed by atoms with Crippen LogP contribution in [-0.4, -0.2) is 17.9 Å². The van der Waals surface area contributed by atoms with Crippen molar-refractivity contribution in [2.75, 3.05) is 9.96 Å². The molecule has 108 valence electrons. The van der Waals surface area contributed by atoms with Crippen molar-refractivity contribution in [2.45, 2.75) is 12.1 Å². The molecule has 0 N–H and O–H groups in total. The molecule has 2 fully saturated rings. The zero-order valence-corrected chi connectivity index (χ0v) is 11.5. The number of para-hydroxylation sites is 2. The van der Waals surface area contributed by atoms with Gasteiger partial charge in [0.1, 0.15) is 12.0 Å². The molecule has 0 unspecified atom stereocenters. The van der Waals surface area contributed by atoms with Gasteiger partial charge in [0, 0.05) is 5.56 Å². The zero-order valence-electron chi connectivity index (χ0n) is 11.5. The van der Waals surface area contributed by atoms with Gasteiger partial charge in [-0.2, -0.15) is 0 Å². The van der Waals surface area contributed by atoms with Crippen molar-refractivity contribution < 1.29 is 14.4 Å². The Morgan fingerprint density at radius 2 is 1.59 bits per heavy atom. The molecule has 3 atom stereocenters. The van der Waals surface area contributed by atoms with Crippen LogP contribution in [0.5, 0.6) is 0 Å². The Kier molecular flexibility index (Phi) is 2.15. The third-order valence-corrected chi connectivity index (χ3v) is 4.62. The average molecular weight is 292 g/mol. The topological polar surface area (TPSA) is 49.9 Å². The van der Waals surface area contributed by atoms with Crippen molar-refractivity contribution in [2.24, 2.45) is 5.92 Å². The standard InChI is InChI=1S/C17H12N2O3/c20-16-13-14(17(21)18(16)10-6-2-1-3-7-10)19-12-9-5-4-8-11(12)15(13)22-19/h1-9,13-15H/t13-,14-,15+/m0/s1. The van der Waals surface area contributed by atoms with Gasteiger partial charge in [-0.3, -0.25) is 14.4 Å². The summed E-state index contributed by atoms with van der Waals surface area (Å²) in [5.41, 5.74) is 2.50. The quantitative estimate of drug-likeness (QED) is 0.755. The molecule has 5 heteroatoms. The zero-order chi connectivity index (χ0) is 14.8. The van der Waals surface area contributed by atoms with E-state index in [1.165, 1.54) is 4.90 Å². The SMILES string of the molecule is O=C1[C@@H]2[C@@H]3ON(c4ccccc43)[C@@H]2C(=O)N1c1ccccc1. The molecular formula is C17H12N2O3. The monoisotopic (exact) mass is 292 g/mol. The smallest absolute Gasteiger partial charge is 0.260 e. The largest absolute Gasteiger partial charge is 0.273 e. The van der Waals surface area contributed by atoms with E-state index in [0.717, 1.165) is 11.3 Å². The second kappa shape index (κ2) is 3.96. The fourth-order valence-electron chi connectivity index (χ4n) is 3.69. The first-order valence-electron chi connectivity index (χ1n) is 7.25. The Morgan fingerprint density at radius 1 is 0.864 bits per heavy atom. The summed E-state index contributed by atoms with van der Waals surface area (Å²) in [4.78, 5) is 32.7. The van der Waals surface area contributed by atoms with Crippen LogP contribution in [0.25, 0.3) is 0 Å². The van der Waals surface area contributed by atoms with Crippen molar-refractivity contribution in [3.63, 3.8) is 0 Å². The van der Waals surface area contributed by atoms with Gasteiger partial charge < -0.3 is 0 Å². The van der Waals surface area contributed by atoms with Crippen LogP contribution in [-0.2, 0) is 14.4 Å². The van der Waals surface area contributed by atoms with Crippen molar-refractivity contribution in [1.82, 2.24) is 0 Å². The number of nitrogens with zero attached hydrogens (tertiary/aromatic N) is 2. The van der Waals surface area contributed by atoms with Crippen LogP contribution in [0.15, 0.2) is 54.6 Å². The fraction of sp³-hybridized carbons (Fsp3) is 0.176. The van der Waals surface area contributed by atoms with Crippen molar-refractivity contribution in [1.29, 1.82) is 0 Å². The highest BCUT2D eigenvalue weighted by atomic mass is 16.7. The van der Waals surface area contributed by atoms with E-state index in [0.29, 0.717) is 5.69 Å². The first kappa shape index (κ1) is 11.9. The van der Waals surface area contributed by atoms with Gasteiger partial charge in [0.2, 0.25) is 5.91 Å². The second-order valence-electron chi connectivity index (χ2n) is 5.73. The van der Waals surface area contributed by atoms with Crippen LogP contribution < -0.4 is 9.96 Å². The highest BCUT2D eigenvalue weighted by molar-refractivity contribution is 6.25. The summed E-state index contributed by atoms with van der Waals surface area (Å²) in [6, 6.07) is 16.2. The number of carbonyl (C=O) groups excluding carboxylic acids is 2. The number of hydrogen-bond donors (Lipinski definition) is 0. The van der Waals surface area contributed by atoms with E-state index in [9.17, 15) is 9.59 Å². The van der Waals surface area contributed by atoms with Crippen molar-refractivity contribution in [3.05, 3.63) is 60.2 Å². The van der Waals surface area contributed by atoms with Gasteiger partial charge in [-0.25, -0.2) is 9.96 Å². The van der Waals surface area contributed by atoms with Crippen molar-refractivity contribution >= 4 is 23.2 Å². The van der Waals surface area contributed by atoms with E-state index < -0.39 is 12.0 Å². The molecule has 2 bridgehead atoms. The van der Waals surface area contributed by atoms with Crippen molar-refractivity contribution in [3.8, 4) is 0 Å². The van der Waals surface area contributed by atoms with E-state index in [1.807, 2.05) is 42.5 Å². The Labute approximate surface area is 126 Å². The maximum Gasteiger partial charge on any atom is 0.260 e. The molecule has 2 aromatic carbocycles. The minimum atomic E-state index is -0.549. The molecule has 0 aromatic heterocycles. The summed E-state index contributed by atoms with van der Waals surface area (Å²) >= 11 is 0. The maximum absolute atomic E-state index is 12.8. The van der Waals surface area contributed by atoms with Crippen LogP contribution in [0.3, 0.4) is 0 Å².